The van der Waals surface area contributed by atoms with Crippen LogP contribution in [0.1, 0.15) is 29.5 Å². The summed E-state index contributed by atoms with van der Waals surface area (Å²) in [4.78, 5) is 38.6. The first-order chi connectivity index (χ1) is 12.6. The van der Waals surface area contributed by atoms with E-state index in [9.17, 15) is 14.4 Å². The van der Waals surface area contributed by atoms with E-state index < -0.39 is 17.5 Å². The second-order valence-corrected chi connectivity index (χ2v) is 6.33. The van der Waals surface area contributed by atoms with E-state index in [4.69, 9.17) is 13.9 Å². The number of hydrogen-bond acceptors (Lipinski definition) is 6. The maximum atomic E-state index is 12.8. The molecule has 3 amide bonds. The SMILES string of the molecule is CCOC(=O)c1oc2ccccc2c1CN1C(=O)N[C@]2(CCOC2)C1=O. The molecule has 1 spiro atoms. The molecular weight excluding hydrogens is 340 g/mol. The van der Waals surface area contributed by atoms with E-state index in [0.29, 0.717) is 29.6 Å². The van der Waals surface area contributed by atoms with Crippen molar-refractivity contribution in [1.29, 1.82) is 0 Å². The summed E-state index contributed by atoms with van der Waals surface area (Å²) >= 11 is 0. The lowest BCUT2D eigenvalue weighted by molar-refractivity contribution is -0.131. The van der Waals surface area contributed by atoms with Gasteiger partial charge in [0.1, 0.15) is 11.1 Å². The molecule has 26 heavy (non-hydrogen) atoms. The minimum atomic E-state index is -0.999. The number of carbonyl (C=O) groups is 3. The quantitative estimate of drug-likeness (QED) is 0.661. The molecule has 2 saturated heterocycles. The lowest BCUT2D eigenvalue weighted by Crippen LogP contribution is -2.47. The second kappa shape index (κ2) is 6.14. The van der Waals surface area contributed by atoms with Gasteiger partial charge in [-0.15, -0.1) is 0 Å². The van der Waals surface area contributed by atoms with Crippen molar-refractivity contribution in [2.75, 3.05) is 19.8 Å². The summed E-state index contributed by atoms with van der Waals surface area (Å²) < 4.78 is 16.0. The molecule has 1 atom stereocenters. The first-order valence-electron chi connectivity index (χ1n) is 8.45. The van der Waals surface area contributed by atoms with E-state index in [1.54, 1.807) is 31.2 Å². The van der Waals surface area contributed by atoms with Gasteiger partial charge in [-0.1, -0.05) is 18.2 Å². The molecule has 1 aromatic heterocycles. The van der Waals surface area contributed by atoms with Gasteiger partial charge in [-0.25, -0.2) is 9.59 Å². The van der Waals surface area contributed by atoms with Gasteiger partial charge in [0, 0.05) is 24.0 Å². The van der Waals surface area contributed by atoms with Crippen LogP contribution in [-0.4, -0.2) is 48.2 Å². The Morgan fingerprint density at radius 1 is 1.35 bits per heavy atom. The number of benzene rings is 1. The smallest absolute Gasteiger partial charge is 0.374 e. The highest BCUT2D eigenvalue weighted by Crippen LogP contribution is 2.32. The zero-order chi connectivity index (χ0) is 18.3. The first kappa shape index (κ1) is 16.6. The number of rotatable bonds is 4. The second-order valence-electron chi connectivity index (χ2n) is 6.33. The molecule has 0 radical (unpaired) electrons. The number of carbonyl (C=O) groups excluding carboxylic acids is 3. The van der Waals surface area contributed by atoms with Gasteiger partial charge >= 0.3 is 12.0 Å². The standard InChI is InChI=1S/C18H18N2O6/c1-2-25-15(21)14-12(11-5-3-4-6-13(11)26-14)9-20-16(22)18(19-17(20)23)7-8-24-10-18/h3-6H,2,7-10H2,1H3,(H,19,23)/t18-/m0/s1. The van der Waals surface area contributed by atoms with Crippen LogP contribution in [0, 0.1) is 0 Å². The third kappa shape index (κ3) is 2.45. The van der Waals surface area contributed by atoms with E-state index >= 15 is 0 Å². The fourth-order valence-electron chi connectivity index (χ4n) is 3.43. The van der Waals surface area contributed by atoms with Crippen molar-refractivity contribution >= 4 is 28.9 Å². The van der Waals surface area contributed by atoms with Gasteiger partial charge in [0.2, 0.25) is 5.76 Å². The Labute approximate surface area is 149 Å². The molecule has 2 fully saturated rings. The number of esters is 1. The highest BCUT2D eigenvalue weighted by Gasteiger charge is 2.53. The summed E-state index contributed by atoms with van der Waals surface area (Å²) in [6.45, 7) is 2.39. The Bertz CT molecular complexity index is 896. The summed E-state index contributed by atoms with van der Waals surface area (Å²) in [5.74, 6) is -0.956. The van der Waals surface area contributed by atoms with Crippen LogP contribution in [0.15, 0.2) is 28.7 Å². The van der Waals surface area contributed by atoms with Crippen molar-refractivity contribution in [3.05, 3.63) is 35.6 Å². The molecule has 1 N–H and O–H groups in total. The first-order valence-corrected chi connectivity index (χ1v) is 8.45. The molecule has 0 bridgehead atoms. The summed E-state index contributed by atoms with van der Waals surface area (Å²) in [5, 5.41) is 3.40. The highest BCUT2D eigenvalue weighted by molar-refractivity contribution is 6.08. The van der Waals surface area contributed by atoms with Crippen molar-refractivity contribution < 1.29 is 28.3 Å². The molecular formula is C18H18N2O6. The number of imide groups is 1. The molecule has 8 nitrogen and oxygen atoms in total. The molecule has 0 aliphatic carbocycles. The van der Waals surface area contributed by atoms with Crippen molar-refractivity contribution in [2.24, 2.45) is 0 Å². The Balaban J connectivity index is 1.72. The van der Waals surface area contributed by atoms with Crippen LogP contribution < -0.4 is 5.32 Å². The van der Waals surface area contributed by atoms with E-state index in [0.717, 1.165) is 4.90 Å². The van der Waals surface area contributed by atoms with Gasteiger partial charge in [-0.3, -0.25) is 9.69 Å². The van der Waals surface area contributed by atoms with Gasteiger partial charge in [0.05, 0.1) is 19.8 Å². The molecule has 2 aliphatic heterocycles. The minimum Gasteiger partial charge on any atom is -0.460 e. The predicted octanol–water partition coefficient (Wildman–Crippen LogP) is 1.82. The van der Waals surface area contributed by atoms with E-state index in [-0.39, 0.29) is 31.4 Å². The van der Waals surface area contributed by atoms with Crippen LogP contribution in [0.25, 0.3) is 11.0 Å². The number of urea groups is 1. The monoisotopic (exact) mass is 358 g/mol. The Morgan fingerprint density at radius 3 is 2.88 bits per heavy atom. The number of nitrogens with one attached hydrogen (secondary N) is 1. The normalized spacial score (nSPS) is 22.4. The van der Waals surface area contributed by atoms with Crippen LogP contribution in [0.2, 0.25) is 0 Å². The Morgan fingerprint density at radius 2 is 2.15 bits per heavy atom. The largest absolute Gasteiger partial charge is 0.460 e. The number of para-hydroxylation sites is 1. The number of amides is 3. The molecule has 3 heterocycles. The summed E-state index contributed by atoms with van der Waals surface area (Å²) in [7, 11) is 0. The fourth-order valence-corrected chi connectivity index (χ4v) is 3.43. The number of hydrogen-bond donors (Lipinski definition) is 1. The Hall–Kier alpha value is -2.87. The summed E-state index contributed by atoms with van der Waals surface area (Å²) in [6.07, 6.45) is 0.435. The maximum absolute atomic E-state index is 12.8. The van der Waals surface area contributed by atoms with Crippen molar-refractivity contribution in [3.63, 3.8) is 0 Å². The van der Waals surface area contributed by atoms with Crippen LogP contribution in [0.5, 0.6) is 0 Å². The van der Waals surface area contributed by atoms with Crippen LogP contribution in [0.4, 0.5) is 4.79 Å². The minimum absolute atomic E-state index is 0.0114. The third-order valence-electron chi connectivity index (χ3n) is 4.74. The van der Waals surface area contributed by atoms with Gasteiger partial charge < -0.3 is 19.2 Å². The molecule has 8 heteroatoms. The van der Waals surface area contributed by atoms with Gasteiger partial charge in [0.15, 0.2) is 0 Å². The zero-order valence-electron chi connectivity index (χ0n) is 14.2. The van der Waals surface area contributed by atoms with E-state index in [1.807, 2.05) is 0 Å². The van der Waals surface area contributed by atoms with E-state index in [2.05, 4.69) is 5.32 Å². The number of fused-ring (bicyclic) bond motifs is 1. The number of ether oxygens (including phenoxy) is 2. The lowest BCUT2D eigenvalue weighted by atomic mass is 9.99. The molecule has 0 saturated carbocycles. The van der Waals surface area contributed by atoms with Crippen molar-refractivity contribution in [2.45, 2.75) is 25.4 Å². The number of nitrogens with zero attached hydrogens (tertiary/aromatic N) is 1. The molecule has 2 aliphatic rings. The average Bonchev–Trinajstić information content (AvgIpc) is 3.30. The summed E-state index contributed by atoms with van der Waals surface area (Å²) in [6, 6.07) is 6.58. The predicted molar refractivity (Wildman–Crippen MR) is 89.4 cm³/mol. The zero-order valence-corrected chi connectivity index (χ0v) is 14.2. The van der Waals surface area contributed by atoms with Gasteiger partial charge in [-0.2, -0.15) is 0 Å². The van der Waals surface area contributed by atoms with Gasteiger partial charge in [0.25, 0.3) is 5.91 Å². The molecule has 2 aromatic rings. The average molecular weight is 358 g/mol. The van der Waals surface area contributed by atoms with Crippen LogP contribution >= 0.6 is 0 Å². The molecule has 1 aromatic carbocycles. The van der Waals surface area contributed by atoms with Crippen LogP contribution in [-0.2, 0) is 20.8 Å². The van der Waals surface area contributed by atoms with Crippen molar-refractivity contribution in [1.82, 2.24) is 10.2 Å². The maximum Gasteiger partial charge on any atom is 0.374 e. The fraction of sp³-hybridized carbons (Fsp3) is 0.389. The summed E-state index contributed by atoms with van der Waals surface area (Å²) in [5.41, 5.74) is -0.0456. The highest BCUT2D eigenvalue weighted by atomic mass is 16.5. The van der Waals surface area contributed by atoms with Gasteiger partial charge in [-0.05, 0) is 13.0 Å². The Kier molecular flexibility index (Phi) is 3.91. The third-order valence-corrected chi connectivity index (χ3v) is 4.74. The van der Waals surface area contributed by atoms with E-state index in [1.165, 1.54) is 0 Å². The molecule has 0 unspecified atom stereocenters. The molecule has 4 rings (SSSR count). The molecule has 136 valence electrons. The number of furan rings is 1. The van der Waals surface area contributed by atoms with Crippen molar-refractivity contribution in [3.8, 4) is 0 Å². The lowest BCUT2D eigenvalue weighted by Gasteiger charge is -2.18. The van der Waals surface area contributed by atoms with Crippen LogP contribution in [0.3, 0.4) is 0 Å². The topological polar surface area (TPSA) is 98.1 Å².